The molecule has 5 heteroatoms. The van der Waals surface area contributed by atoms with Crippen LogP contribution in [0, 0.1) is 0 Å². The Morgan fingerprint density at radius 1 is 1.36 bits per heavy atom. The van der Waals surface area contributed by atoms with Gasteiger partial charge in [0.2, 0.25) is 0 Å². The van der Waals surface area contributed by atoms with Crippen LogP contribution in [0.25, 0.3) is 0 Å². The van der Waals surface area contributed by atoms with E-state index in [-0.39, 0.29) is 0 Å². The SMILES string of the molecule is CCNC(=O)N(C)C(=O)NC. The van der Waals surface area contributed by atoms with Gasteiger partial charge in [-0.1, -0.05) is 0 Å². The van der Waals surface area contributed by atoms with E-state index in [0.717, 1.165) is 4.90 Å². The van der Waals surface area contributed by atoms with Crippen molar-refractivity contribution < 1.29 is 9.59 Å². The van der Waals surface area contributed by atoms with E-state index < -0.39 is 12.1 Å². The zero-order valence-corrected chi connectivity index (χ0v) is 6.97. The third kappa shape index (κ3) is 2.88. The van der Waals surface area contributed by atoms with E-state index in [2.05, 4.69) is 10.6 Å². The second-order valence-electron chi connectivity index (χ2n) is 1.95. The third-order valence-corrected chi connectivity index (χ3v) is 1.15. The maximum atomic E-state index is 10.9. The topological polar surface area (TPSA) is 61.4 Å². The van der Waals surface area contributed by atoms with Gasteiger partial charge in [-0.25, -0.2) is 14.5 Å². The minimum atomic E-state index is -0.420. The minimum Gasteiger partial charge on any atom is -0.341 e. The smallest absolute Gasteiger partial charge is 0.325 e. The first-order chi connectivity index (χ1) is 5.13. The lowest BCUT2D eigenvalue weighted by atomic mass is 10.7. The van der Waals surface area contributed by atoms with Crippen molar-refractivity contribution in [3.8, 4) is 0 Å². The summed E-state index contributed by atoms with van der Waals surface area (Å²) in [6, 6.07) is -0.817. The number of hydrogen-bond acceptors (Lipinski definition) is 2. The van der Waals surface area contributed by atoms with Gasteiger partial charge >= 0.3 is 12.1 Å². The molecule has 0 aliphatic rings. The number of hydrogen-bond donors (Lipinski definition) is 2. The molecule has 0 aromatic carbocycles. The Balaban J connectivity index is 3.91. The second-order valence-corrected chi connectivity index (χ2v) is 1.95. The van der Waals surface area contributed by atoms with Crippen molar-refractivity contribution >= 4 is 12.1 Å². The highest BCUT2D eigenvalue weighted by Gasteiger charge is 2.12. The third-order valence-electron chi connectivity index (χ3n) is 1.15. The zero-order valence-electron chi connectivity index (χ0n) is 6.97. The maximum absolute atomic E-state index is 10.9. The number of nitrogens with one attached hydrogen (secondary N) is 2. The molecular weight excluding hydrogens is 146 g/mol. The van der Waals surface area contributed by atoms with Crippen molar-refractivity contribution in [1.29, 1.82) is 0 Å². The molecule has 0 saturated heterocycles. The van der Waals surface area contributed by atoms with Crippen molar-refractivity contribution in [1.82, 2.24) is 15.5 Å². The van der Waals surface area contributed by atoms with E-state index in [9.17, 15) is 9.59 Å². The van der Waals surface area contributed by atoms with Crippen LogP contribution >= 0.6 is 0 Å². The molecule has 0 saturated carbocycles. The maximum Gasteiger partial charge on any atom is 0.325 e. The molecule has 0 spiro atoms. The molecule has 0 aliphatic carbocycles. The Morgan fingerprint density at radius 3 is 2.27 bits per heavy atom. The van der Waals surface area contributed by atoms with E-state index in [1.165, 1.54) is 14.1 Å². The summed E-state index contributed by atoms with van der Waals surface area (Å²) in [5.74, 6) is 0. The Bertz CT molecular complexity index is 158. The predicted molar refractivity (Wildman–Crippen MR) is 41.3 cm³/mol. The first-order valence-corrected chi connectivity index (χ1v) is 3.36. The fourth-order valence-electron chi connectivity index (χ4n) is 0.530. The Hall–Kier alpha value is -1.26. The monoisotopic (exact) mass is 159 g/mol. The van der Waals surface area contributed by atoms with E-state index in [4.69, 9.17) is 0 Å². The number of carbonyl (C=O) groups is 2. The highest BCUT2D eigenvalue weighted by Crippen LogP contribution is 1.83. The lowest BCUT2D eigenvalue weighted by Crippen LogP contribution is -2.44. The van der Waals surface area contributed by atoms with Crippen LogP contribution in [-0.2, 0) is 0 Å². The molecule has 0 bridgehead atoms. The molecule has 5 nitrogen and oxygen atoms in total. The van der Waals surface area contributed by atoms with Gasteiger partial charge in [-0.15, -0.1) is 0 Å². The van der Waals surface area contributed by atoms with Gasteiger partial charge in [-0.05, 0) is 6.92 Å². The van der Waals surface area contributed by atoms with Crippen LogP contribution in [0.1, 0.15) is 6.92 Å². The van der Waals surface area contributed by atoms with Gasteiger partial charge in [-0.3, -0.25) is 0 Å². The van der Waals surface area contributed by atoms with Gasteiger partial charge in [0.1, 0.15) is 0 Å². The number of rotatable bonds is 1. The lowest BCUT2D eigenvalue weighted by Gasteiger charge is -2.14. The molecule has 0 aliphatic heterocycles. The molecule has 64 valence electrons. The fraction of sp³-hybridized carbons (Fsp3) is 0.667. The number of imide groups is 1. The molecule has 0 aromatic heterocycles. The summed E-state index contributed by atoms with van der Waals surface area (Å²) >= 11 is 0. The summed E-state index contributed by atoms with van der Waals surface area (Å²) in [6.45, 7) is 2.30. The van der Waals surface area contributed by atoms with Crippen molar-refractivity contribution in [3.05, 3.63) is 0 Å². The average molecular weight is 159 g/mol. The van der Waals surface area contributed by atoms with Crippen LogP contribution in [0.4, 0.5) is 9.59 Å². The van der Waals surface area contributed by atoms with Crippen molar-refractivity contribution in [2.75, 3.05) is 20.6 Å². The van der Waals surface area contributed by atoms with Crippen LogP contribution in [0.5, 0.6) is 0 Å². The first kappa shape index (κ1) is 9.74. The molecule has 0 atom stereocenters. The van der Waals surface area contributed by atoms with Gasteiger partial charge in [-0.2, -0.15) is 0 Å². The molecule has 11 heavy (non-hydrogen) atoms. The highest BCUT2D eigenvalue weighted by molar-refractivity contribution is 5.92. The number of nitrogens with zero attached hydrogens (tertiary/aromatic N) is 1. The molecule has 0 unspecified atom stereocenters. The molecule has 0 radical (unpaired) electrons. The van der Waals surface area contributed by atoms with Crippen LogP contribution in [0.2, 0.25) is 0 Å². The molecule has 0 heterocycles. The molecule has 0 aromatic rings. The highest BCUT2D eigenvalue weighted by atomic mass is 16.2. The van der Waals surface area contributed by atoms with Gasteiger partial charge in [0.25, 0.3) is 0 Å². The van der Waals surface area contributed by atoms with Gasteiger partial charge in [0.05, 0.1) is 0 Å². The van der Waals surface area contributed by atoms with Gasteiger partial charge in [0.15, 0.2) is 0 Å². The quantitative estimate of drug-likeness (QED) is 0.565. The number of carbonyl (C=O) groups excluding carboxylic acids is 2. The van der Waals surface area contributed by atoms with Crippen LogP contribution in [0.15, 0.2) is 0 Å². The number of urea groups is 2. The van der Waals surface area contributed by atoms with Gasteiger partial charge < -0.3 is 10.6 Å². The Kier molecular flexibility index (Phi) is 4.02. The summed E-state index contributed by atoms with van der Waals surface area (Å²) in [5, 5.41) is 4.82. The van der Waals surface area contributed by atoms with Crippen LogP contribution in [-0.4, -0.2) is 37.6 Å². The molecule has 0 fully saturated rings. The van der Waals surface area contributed by atoms with Crippen LogP contribution in [0.3, 0.4) is 0 Å². The van der Waals surface area contributed by atoms with E-state index in [1.807, 2.05) is 0 Å². The van der Waals surface area contributed by atoms with Gasteiger partial charge in [0, 0.05) is 20.6 Å². The molecule has 0 rings (SSSR count). The lowest BCUT2D eigenvalue weighted by molar-refractivity contribution is 0.196. The molecule has 2 N–H and O–H groups in total. The molecule has 4 amide bonds. The Morgan fingerprint density at radius 2 is 1.91 bits per heavy atom. The summed E-state index contributed by atoms with van der Waals surface area (Å²) in [5.41, 5.74) is 0. The van der Waals surface area contributed by atoms with Crippen molar-refractivity contribution in [3.63, 3.8) is 0 Å². The van der Waals surface area contributed by atoms with E-state index in [1.54, 1.807) is 6.92 Å². The fourth-order valence-corrected chi connectivity index (χ4v) is 0.530. The van der Waals surface area contributed by atoms with Crippen LogP contribution < -0.4 is 10.6 Å². The predicted octanol–water partition coefficient (Wildman–Crippen LogP) is -0.0129. The average Bonchev–Trinajstić information content (AvgIpc) is 2.02. The second kappa shape index (κ2) is 4.54. The van der Waals surface area contributed by atoms with E-state index in [0.29, 0.717) is 6.54 Å². The summed E-state index contributed by atoms with van der Waals surface area (Å²) in [6.07, 6.45) is 0. The number of amides is 4. The summed E-state index contributed by atoms with van der Waals surface area (Å²) < 4.78 is 0. The summed E-state index contributed by atoms with van der Waals surface area (Å²) in [4.78, 5) is 22.7. The first-order valence-electron chi connectivity index (χ1n) is 3.36. The van der Waals surface area contributed by atoms with Crippen molar-refractivity contribution in [2.24, 2.45) is 0 Å². The zero-order chi connectivity index (χ0) is 8.85. The summed E-state index contributed by atoms with van der Waals surface area (Å²) in [7, 11) is 2.88. The van der Waals surface area contributed by atoms with Crippen molar-refractivity contribution in [2.45, 2.75) is 6.92 Å². The Labute approximate surface area is 65.7 Å². The van der Waals surface area contributed by atoms with E-state index >= 15 is 0 Å². The largest absolute Gasteiger partial charge is 0.341 e. The standard InChI is InChI=1S/C6H13N3O2/c1-4-8-6(11)9(3)5(10)7-2/h4H2,1-3H3,(H,7,10)(H,8,11). The molecular formula is C6H13N3O2. The normalized spacial score (nSPS) is 8.64. The minimum absolute atomic E-state index is 0.396.